The summed E-state index contributed by atoms with van der Waals surface area (Å²) < 4.78 is 0. The van der Waals surface area contributed by atoms with Gasteiger partial charge < -0.3 is 5.11 Å². The van der Waals surface area contributed by atoms with E-state index in [1.807, 2.05) is 18.2 Å². The summed E-state index contributed by atoms with van der Waals surface area (Å²) in [5, 5.41) is 9.88. The van der Waals surface area contributed by atoms with E-state index in [0.717, 1.165) is 19.3 Å². The van der Waals surface area contributed by atoms with Crippen LogP contribution in [0.25, 0.3) is 6.08 Å². The van der Waals surface area contributed by atoms with Gasteiger partial charge in [0.2, 0.25) is 0 Å². The molecule has 0 saturated carbocycles. The summed E-state index contributed by atoms with van der Waals surface area (Å²) in [6.45, 7) is 2.24. The summed E-state index contributed by atoms with van der Waals surface area (Å²) in [7, 11) is 0. The van der Waals surface area contributed by atoms with E-state index in [1.54, 1.807) is 0 Å². The molecule has 0 fully saturated rings. The van der Waals surface area contributed by atoms with Gasteiger partial charge >= 0.3 is 0 Å². The number of unbranched alkanes of at least 4 members (excludes halogenated alkanes) is 5. The number of rotatable bonds is 10. The summed E-state index contributed by atoms with van der Waals surface area (Å²) >= 11 is 0. The second-order valence-corrected chi connectivity index (χ2v) is 5.26. The van der Waals surface area contributed by atoms with Gasteiger partial charge in [-0.1, -0.05) is 87.9 Å². The first-order chi connectivity index (χ1) is 9.33. The Morgan fingerprint density at radius 3 is 2.42 bits per heavy atom. The number of aliphatic hydroxyl groups excluding tert-OH is 1. The van der Waals surface area contributed by atoms with E-state index >= 15 is 0 Å². The Balaban J connectivity index is 2.04. The third-order valence-corrected chi connectivity index (χ3v) is 3.41. The lowest BCUT2D eigenvalue weighted by Gasteiger charge is -2.07. The van der Waals surface area contributed by atoms with E-state index in [4.69, 9.17) is 0 Å². The van der Waals surface area contributed by atoms with Crippen molar-refractivity contribution >= 4 is 6.08 Å². The predicted molar refractivity (Wildman–Crippen MR) is 84.1 cm³/mol. The van der Waals surface area contributed by atoms with Crippen LogP contribution >= 0.6 is 0 Å². The lowest BCUT2D eigenvalue weighted by Crippen LogP contribution is -2.04. The molecule has 1 nitrogen and oxygen atoms in total. The molecule has 0 saturated heterocycles. The molecule has 0 heterocycles. The highest BCUT2D eigenvalue weighted by molar-refractivity contribution is 5.48. The SMILES string of the molecule is CCCCCCCCC(O)C/C=C/c1ccccc1. The first kappa shape index (κ1) is 16.0. The van der Waals surface area contributed by atoms with E-state index in [2.05, 4.69) is 31.2 Å². The average molecular weight is 260 g/mol. The maximum atomic E-state index is 9.88. The smallest absolute Gasteiger partial charge is 0.0574 e. The minimum absolute atomic E-state index is 0.175. The molecule has 1 atom stereocenters. The van der Waals surface area contributed by atoms with Crippen molar-refractivity contribution in [3.63, 3.8) is 0 Å². The summed E-state index contributed by atoms with van der Waals surface area (Å²) in [5.41, 5.74) is 1.20. The highest BCUT2D eigenvalue weighted by atomic mass is 16.3. The maximum Gasteiger partial charge on any atom is 0.0574 e. The Labute approximate surface area is 118 Å². The monoisotopic (exact) mass is 260 g/mol. The molecule has 1 heteroatoms. The predicted octanol–water partition coefficient (Wildman–Crippen LogP) is 5.20. The van der Waals surface area contributed by atoms with Gasteiger partial charge in [-0.2, -0.15) is 0 Å². The Kier molecular flexibility index (Phi) is 9.09. The molecule has 1 N–H and O–H groups in total. The summed E-state index contributed by atoms with van der Waals surface area (Å²) in [6, 6.07) is 10.2. The highest BCUT2D eigenvalue weighted by Crippen LogP contribution is 2.11. The van der Waals surface area contributed by atoms with E-state index in [0.29, 0.717) is 0 Å². The van der Waals surface area contributed by atoms with Crippen molar-refractivity contribution in [3.8, 4) is 0 Å². The Bertz CT molecular complexity index is 329. The number of benzene rings is 1. The van der Waals surface area contributed by atoms with Gasteiger partial charge in [0, 0.05) is 0 Å². The normalized spacial score (nSPS) is 12.9. The quantitative estimate of drug-likeness (QED) is 0.573. The Morgan fingerprint density at radius 2 is 1.68 bits per heavy atom. The molecule has 0 aliphatic rings. The van der Waals surface area contributed by atoms with E-state index < -0.39 is 0 Å². The minimum atomic E-state index is -0.175. The van der Waals surface area contributed by atoms with Crippen LogP contribution in [0.15, 0.2) is 36.4 Å². The zero-order valence-corrected chi connectivity index (χ0v) is 12.2. The second-order valence-electron chi connectivity index (χ2n) is 5.26. The lowest BCUT2D eigenvalue weighted by molar-refractivity contribution is 0.164. The van der Waals surface area contributed by atoms with Gasteiger partial charge in [-0.25, -0.2) is 0 Å². The van der Waals surface area contributed by atoms with Crippen molar-refractivity contribution in [1.82, 2.24) is 0 Å². The Morgan fingerprint density at radius 1 is 1.00 bits per heavy atom. The minimum Gasteiger partial charge on any atom is -0.393 e. The molecular formula is C18H28O. The zero-order valence-electron chi connectivity index (χ0n) is 12.2. The fraction of sp³-hybridized carbons (Fsp3) is 0.556. The number of hydrogen-bond donors (Lipinski definition) is 1. The number of aliphatic hydroxyl groups is 1. The summed E-state index contributed by atoms with van der Waals surface area (Å²) in [5.74, 6) is 0. The van der Waals surface area contributed by atoms with Crippen LogP contribution in [0.3, 0.4) is 0 Å². The average Bonchev–Trinajstić information content (AvgIpc) is 2.44. The standard InChI is InChI=1S/C18H28O/c1-2-3-4-5-6-10-15-18(19)16-11-14-17-12-8-7-9-13-17/h7-9,11-14,18-19H,2-6,10,15-16H2,1H3/b14-11+. The van der Waals surface area contributed by atoms with Gasteiger partial charge in [-0.05, 0) is 18.4 Å². The van der Waals surface area contributed by atoms with Crippen molar-refractivity contribution in [1.29, 1.82) is 0 Å². The van der Waals surface area contributed by atoms with Crippen LogP contribution in [0, 0.1) is 0 Å². The molecule has 19 heavy (non-hydrogen) atoms. The molecule has 1 rings (SSSR count). The molecule has 1 aromatic rings. The van der Waals surface area contributed by atoms with Crippen LogP contribution in [0.5, 0.6) is 0 Å². The van der Waals surface area contributed by atoms with Gasteiger partial charge in [0.05, 0.1) is 6.10 Å². The maximum absolute atomic E-state index is 9.88. The lowest BCUT2D eigenvalue weighted by atomic mass is 10.0. The molecule has 0 aromatic heterocycles. The summed E-state index contributed by atoms with van der Waals surface area (Å²) in [4.78, 5) is 0. The van der Waals surface area contributed by atoms with Crippen LogP contribution in [-0.2, 0) is 0 Å². The number of hydrogen-bond acceptors (Lipinski definition) is 1. The second kappa shape index (κ2) is 10.8. The molecule has 0 radical (unpaired) electrons. The largest absolute Gasteiger partial charge is 0.393 e. The molecule has 1 aromatic carbocycles. The molecule has 0 aliphatic carbocycles. The van der Waals surface area contributed by atoms with Gasteiger partial charge in [0.15, 0.2) is 0 Å². The van der Waals surface area contributed by atoms with Crippen LogP contribution < -0.4 is 0 Å². The van der Waals surface area contributed by atoms with Gasteiger partial charge in [0.25, 0.3) is 0 Å². The molecule has 0 spiro atoms. The van der Waals surface area contributed by atoms with E-state index in [-0.39, 0.29) is 6.10 Å². The first-order valence-corrected chi connectivity index (χ1v) is 7.72. The first-order valence-electron chi connectivity index (χ1n) is 7.72. The molecular weight excluding hydrogens is 232 g/mol. The fourth-order valence-corrected chi connectivity index (χ4v) is 2.20. The van der Waals surface area contributed by atoms with Gasteiger partial charge in [-0.15, -0.1) is 0 Å². The third kappa shape index (κ3) is 8.61. The van der Waals surface area contributed by atoms with Crippen molar-refractivity contribution in [2.45, 2.75) is 64.4 Å². The van der Waals surface area contributed by atoms with Crippen LogP contribution in [0.2, 0.25) is 0 Å². The molecule has 0 bridgehead atoms. The van der Waals surface area contributed by atoms with Crippen molar-refractivity contribution in [2.75, 3.05) is 0 Å². The molecule has 0 aliphatic heterocycles. The zero-order chi connectivity index (χ0) is 13.8. The Hall–Kier alpha value is -1.08. The van der Waals surface area contributed by atoms with Crippen molar-refractivity contribution < 1.29 is 5.11 Å². The summed E-state index contributed by atoms with van der Waals surface area (Å²) in [6.07, 6.45) is 13.4. The van der Waals surface area contributed by atoms with Crippen LogP contribution in [0.4, 0.5) is 0 Å². The fourth-order valence-electron chi connectivity index (χ4n) is 2.20. The van der Waals surface area contributed by atoms with Gasteiger partial charge in [0.1, 0.15) is 0 Å². The highest BCUT2D eigenvalue weighted by Gasteiger charge is 2.01. The topological polar surface area (TPSA) is 20.2 Å². The van der Waals surface area contributed by atoms with E-state index in [1.165, 1.54) is 37.7 Å². The molecule has 0 amide bonds. The van der Waals surface area contributed by atoms with Crippen molar-refractivity contribution in [2.24, 2.45) is 0 Å². The third-order valence-electron chi connectivity index (χ3n) is 3.41. The molecule has 1 unspecified atom stereocenters. The van der Waals surface area contributed by atoms with Crippen LogP contribution in [0.1, 0.15) is 63.9 Å². The van der Waals surface area contributed by atoms with Crippen LogP contribution in [-0.4, -0.2) is 11.2 Å². The van der Waals surface area contributed by atoms with Gasteiger partial charge in [-0.3, -0.25) is 0 Å². The molecule has 106 valence electrons. The van der Waals surface area contributed by atoms with E-state index in [9.17, 15) is 5.11 Å². The van der Waals surface area contributed by atoms with Crippen molar-refractivity contribution in [3.05, 3.63) is 42.0 Å².